The third-order valence-electron chi connectivity index (χ3n) is 12.8. The fraction of sp³-hybridized carbons (Fsp3) is 0.358. The maximum atomic E-state index is 13.9. The molecule has 0 spiro atoms. The van der Waals surface area contributed by atoms with Gasteiger partial charge in [-0.1, -0.05) is 134 Å². The van der Waals surface area contributed by atoms with Crippen LogP contribution in [0.1, 0.15) is 46.2 Å². The van der Waals surface area contributed by atoms with Gasteiger partial charge in [0.2, 0.25) is 20.0 Å². The van der Waals surface area contributed by atoms with Crippen molar-refractivity contribution >= 4 is 38.3 Å². The topological polar surface area (TPSA) is 177 Å². The molecule has 4 saturated heterocycles. The van der Waals surface area contributed by atoms with E-state index in [0.29, 0.717) is 43.8 Å². The fourth-order valence-electron chi connectivity index (χ4n) is 9.37. The van der Waals surface area contributed by atoms with Crippen molar-refractivity contribution in [3.8, 4) is 0 Å². The van der Waals surface area contributed by atoms with E-state index in [9.17, 15) is 21.9 Å². The third-order valence-corrected chi connectivity index (χ3v) is 15.7. The lowest BCUT2D eigenvalue weighted by atomic mass is 10.1. The standard InChI is InChI=1S/C53H58N2O12S2/c1-2-36-17-12-21-44(26-36)68(57,58)54-29-42-27-45-52(64-42)50(47(31-56)66-45)63-34-40-19-11-18-37(25-40)23-24-41-20-9-10-22-49(41)69(59,60)55-30-43-28-46-53(65-43)51(62-33-39-15-7-4-8-16-39)48(67-46)35-61-32-38-13-5-3-6-14-38/h2-26,42-43,45-48,50-56H,1,27-35H2/b24-23-/t42-,43+,45+,46+,47-,48-,50-,51-,52-,53-/m1/s1. The minimum Gasteiger partial charge on any atom is -0.394 e. The van der Waals surface area contributed by atoms with Crippen molar-refractivity contribution in [1.29, 1.82) is 0 Å². The number of nitrogens with one attached hydrogen (secondary N) is 2. The Morgan fingerprint density at radius 1 is 0.594 bits per heavy atom. The largest absolute Gasteiger partial charge is 0.394 e. The van der Waals surface area contributed by atoms with E-state index in [4.69, 9.17) is 33.2 Å². The zero-order valence-electron chi connectivity index (χ0n) is 38.0. The summed E-state index contributed by atoms with van der Waals surface area (Å²) in [4.78, 5) is 0.267. The summed E-state index contributed by atoms with van der Waals surface area (Å²) in [5, 5.41) is 10.1. The van der Waals surface area contributed by atoms with Gasteiger partial charge < -0.3 is 38.3 Å². The average Bonchev–Trinajstić information content (AvgIpc) is 4.14. The van der Waals surface area contributed by atoms with Gasteiger partial charge in [-0.2, -0.15) is 0 Å². The molecule has 0 bridgehead atoms. The van der Waals surface area contributed by atoms with Crippen LogP contribution in [0.4, 0.5) is 0 Å². The Bertz CT molecular complexity index is 2760. The first-order chi connectivity index (χ1) is 33.5. The van der Waals surface area contributed by atoms with Gasteiger partial charge in [0.25, 0.3) is 0 Å². The SMILES string of the molecule is C=Cc1cccc(S(=O)(=O)NC[C@H]2C[C@@H]3O[C@H](CO)[C@@H](OCc4cccc(/C=C\c5ccccc5S(=O)(=O)NC[C@@H]5C[C@@H]6O[C@H](COCc7ccccc7)[C@@H](OCc7ccccc7)[C@@H]6O5)c4)[C@@H]3O2)c1. The molecular formula is C53H58N2O12S2. The summed E-state index contributed by atoms with van der Waals surface area (Å²) in [6.07, 6.45) is 1.75. The Balaban J connectivity index is 0.782. The Labute approximate surface area is 404 Å². The molecule has 0 amide bonds. The predicted octanol–water partition coefficient (Wildman–Crippen LogP) is 6.29. The van der Waals surface area contributed by atoms with Crippen LogP contribution in [0.5, 0.6) is 0 Å². The summed E-state index contributed by atoms with van der Waals surface area (Å²) in [6.45, 7) is 4.88. The van der Waals surface area contributed by atoms with Crippen LogP contribution in [0, 0.1) is 0 Å². The van der Waals surface area contributed by atoms with Crippen LogP contribution >= 0.6 is 0 Å². The highest BCUT2D eigenvalue weighted by Crippen LogP contribution is 2.38. The van der Waals surface area contributed by atoms with E-state index < -0.39 is 56.7 Å². The molecule has 10 atom stereocenters. The Morgan fingerprint density at radius 3 is 1.84 bits per heavy atom. The molecule has 0 saturated carbocycles. The number of hydrogen-bond donors (Lipinski definition) is 3. The maximum absolute atomic E-state index is 13.9. The molecular weight excluding hydrogens is 921 g/mol. The maximum Gasteiger partial charge on any atom is 0.241 e. The van der Waals surface area contributed by atoms with Gasteiger partial charge in [-0.05, 0) is 57.6 Å². The third kappa shape index (κ3) is 12.2. The van der Waals surface area contributed by atoms with E-state index >= 15 is 0 Å². The van der Waals surface area contributed by atoms with Gasteiger partial charge in [0, 0.05) is 25.9 Å². The number of hydrogen-bond acceptors (Lipinski definition) is 12. The van der Waals surface area contributed by atoms with Gasteiger partial charge in [0.15, 0.2) is 0 Å². The van der Waals surface area contributed by atoms with Crippen molar-refractivity contribution in [2.24, 2.45) is 0 Å². The van der Waals surface area contributed by atoms with Gasteiger partial charge >= 0.3 is 0 Å². The lowest BCUT2D eigenvalue weighted by Crippen LogP contribution is -2.39. The van der Waals surface area contributed by atoms with E-state index in [1.54, 1.807) is 54.6 Å². The minimum absolute atomic E-state index is 0.0487. The molecule has 5 aromatic rings. The zero-order chi connectivity index (χ0) is 47.8. The Kier molecular flexibility index (Phi) is 16.0. The monoisotopic (exact) mass is 978 g/mol. The number of rotatable bonds is 22. The molecule has 0 aliphatic carbocycles. The van der Waals surface area contributed by atoms with Crippen LogP contribution in [0.3, 0.4) is 0 Å². The second kappa shape index (κ2) is 22.4. The molecule has 14 nitrogen and oxygen atoms in total. The van der Waals surface area contributed by atoms with Crippen LogP contribution in [-0.4, -0.2) is 109 Å². The Morgan fingerprint density at radius 2 is 1.16 bits per heavy atom. The highest BCUT2D eigenvalue weighted by Gasteiger charge is 2.53. The van der Waals surface area contributed by atoms with E-state index in [1.165, 1.54) is 6.07 Å². The summed E-state index contributed by atoms with van der Waals surface area (Å²) in [6, 6.07) is 40.8. The van der Waals surface area contributed by atoms with Gasteiger partial charge in [-0.3, -0.25) is 0 Å². The molecule has 9 rings (SSSR count). The molecule has 0 aromatic heterocycles. The van der Waals surface area contributed by atoms with Crippen LogP contribution in [0.15, 0.2) is 150 Å². The number of aliphatic hydroxyl groups is 1. The first-order valence-electron chi connectivity index (χ1n) is 23.2. The second-order valence-electron chi connectivity index (χ2n) is 17.7. The van der Waals surface area contributed by atoms with Crippen molar-refractivity contribution in [2.45, 2.75) is 103 Å². The smallest absolute Gasteiger partial charge is 0.241 e. The summed E-state index contributed by atoms with van der Waals surface area (Å²) < 4.78 is 103. The molecule has 4 fully saturated rings. The fourth-order valence-corrected chi connectivity index (χ4v) is 11.8. The van der Waals surface area contributed by atoms with Crippen molar-refractivity contribution in [3.63, 3.8) is 0 Å². The molecule has 0 unspecified atom stereocenters. The number of aliphatic hydroxyl groups excluding tert-OH is 1. The molecule has 4 aliphatic heterocycles. The summed E-state index contributed by atoms with van der Waals surface area (Å²) in [7, 11) is -7.75. The highest BCUT2D eigenvalue weighted by molar-refractivity contribution is 7.89. The highest BCUT2D eigenvalue weighted by atomic mass is 32.2. The number of fused-ring (bicyclic) bond motifs is 2. The van der Waals surface area contributed by atoms with E-state index in [2.05, 4.69) is 16.0 Å². The molecule has 4 heterocycles. The molecule has 5 aromatic carbocycles. The van der Waals surface area contributed by atoms with Crippen LogP contribution in [-0.2, 0) is 73.0 Å². The molecule has 364 valence electrons. The van der Waals surface area contributed by atoms with Crippen molar-refractivity contribution in [2.75, 3.05) is 26.3 Å². The summed E-state index contributed by atoms with van der Waals surface area (Å²) in [5.41, 5.74) is 4.95. The first-order valence-corrected chi connectivity index (χ1v) is 26.2. The number of ether oxygens (including phenoxy) is 7. The molecule has 0 radical (unpaired) electrons. The van der Waals surface area contributed by atoms with Gasteiger partial charge in [-0.25, -0.2) is 26.3 Å². The van der Waals surface area contributed by atoms with Crippen LogP contribution in [0.25, 0.3) is 18.2 Å². The molecule has 4 aliphatic rings. The molecule has 3 N–H and O–H groups in total. The predicted molar refractivity (Wildman–Crippen MR) is 259 cm³/mol. The lowest BCUT2D eigenvalue weighted by molar-refractivity contribution is -0.100. The lowest BCUT2D eigenvalue weighted by Gasteiger charge is -2.24. The van der Waals surface area contributed by atoms with Crippen LogP contribution < -0.4 is 9.44 Å². The number of benzene rings is 5. The summed E-state index contributed by atoms with van der Waals surface area (Å²) in [5.74, 6) is 0. The van der Waals surface area contributed by atoms with E-state index in [0.717, 1.165) is 22.3 Å². The Hall–Kier alpha value is -4.92. The first kappa shape index (κ1) is 49.1. The molecule has 16 heteroatoms. The van der Waals surface area contributed by atoms with Crippen molar-refractivity contribution in [1.82, 2.24) is 9.44 Å². The summed E-state index contributed by atoms with van der Waals surface area (Å²) >= 11 is 0. The zero-order valence-corrected chi connectivity index (χ0v) is 39.7. The van der Waals surface area contributed by atoms with Gasteiger partial charge in [0.1, 0.15) is 36.6 Å². The average molecular weight is 979 g/mol. The quantitative estimate of drug-likeness (QED) is 0.0663. The minimum atomic E-state index is -3.96. The van der Waals surface area contributed by atoms with Gasteiger partial charge in [-0.15, -0.1) is 0 Å². The van der Waals surface area contributed by atoms with Gasteiger partial charge in [0.05, 0.1) is 67.2 Å². The van der Waals surface area contributed by atoms with E-state index in [1.807, 2.05) is 91.0 Å². The second-order valence-corrected chi connectivity index (χ2v) is 21.2. The van der Waals surface area contributed by atoms with E-state index in [-0.39, 0.29) is 60.5 Å². The molecule has 69 heavy (non-hydrogen) atoms. The van der Waals surface area contributed by atoms with Crippen molar-refractivity contribution < 1.29 is 55.1 Å². The normalized spacial score (nSPS) is 26.6. The van der Waals surface area contributed by atoms with Crippen molar-refractivity contribution in [3.05, 3.63) is 173 Å². The van der Waals surface area contributed by atoms with Crippen LogP contribution in [0.2, 0.25) is 0 Å². The number of sulfonamides is 2.